The lowest BCUT2D eigenvalue weighted by atomic mass is 9.89. The molecule has 0 aromatic carbocycles. The Morgan fingerprint density at radius 3 is 1.29 bits per heavy atom. The van der Waals surface area contributed by atoms with Crippen LogP contribution in [0.25, 0.3) is 0 Å². The first kappa shape index (κ1) is 67.2. The molecule has 0 radical (unpaired) electrons. The van der Waals surface area contributed by atoms with Gasteiger partial charge in [0.05, 0.1) is 48.7 Å². The number of ether oxygens (including phenoxy) is 4. The van der Waals surface area contributed by atoms with E-state index in [0.29, 0.717) is 43.3 Å². The topological polar surface area (TPSA) is 116 Å². The van der Waals surface area contributed by atoms with Crippen molar-refractivity contribution in [3.8, 4) is 0 Å². The van der Waals surface area contributed by atoms with Gasteiger partial charge in [0.25, 0.3) is 0 Å². The number of alkyl halides is 2. The highest BCUT2D eigenvalue weighted by Gasteiger charge is 2.48. The van der Waals surface area contributed by atoms with Gasteiger partial charge >= 0.3 is 11.9 Å². The average molecular weight is 1200 g/mol. The van der Waals surface area contributed by atoms with Gasteiger partial charge in [0.2, 0.25) is 0 Å². The van der Waals surface area contributed by atoms with E-state index in [1.54, 1.807) is 62.2 Å². The van der Waals surface area contributed by atoms with Crippen molar-refractivity contribution in [1.29, 1.82) is 0 Å². The van der Waals surface area contributed by atoms with Gasteiger partial charge in [-0.05, 0) is 61.4 Å². The third-order valence-corrected chi connectivity index (χ3v) is 39.5. The molecule has 4 fully saturated rings. The maximum atomic E-state index is 11.5. The Morgan fingerprint density at radius 2 is 0.985 bits per heavy atom. The van der Waals surface area contributed by atoms with Crippen LogP contribution in [-0.2, 0) is 140 Å². The molecule has 24 heteroatoms. The van der Waals surface area contributed by atoms with Crippen molar-refractivity contribution in [3.63, 3.8) is 0 Å². The predicted molar refractivity (Wildman–Crippen MR) is 307 cm³/mol. The lowest BCUT2D eigenvalue weighted by Crippen LogP contribution is -2.44. The van der Waals surface area contributed by atoms with Crippen molar-refractivity contribution >= 4 is 154 Å². The Morgan fingerprint density at radius 1 is 0.662 bits per heavy atom. The minimum Gasteiger partial charge on any atom is -0.462 e. The van der Waals surface area contributed by atoms with Crippen molar-refractivity contribution in [2.45, 2.75) is 226 Å². The lowest BCUT2D eigenvalue weighted by Gasteiger charge is -2.39. The molecule has 386 valence electrons. The van der Waals surface area contributed by atoms with Crippen LogP contribution in [0.1, 0.15) is 135 Å². The van der Waals surface area contributed by atoms with Crippen molar-refractivity contribution in [2.24, 2.45) is 17.8 Å². The van der Waals surface area contributed by atoms with E-state index < -0.39 is 22.7 Å². The van der Waals surface area contributed by atoms with E-state index in [1.165, 1.54) is 17.8 Å². The van der Waals surface area contributed by atoms with E-state index in [2.05, 4.69) is 118 Å². The molecule has 0 bridgehead atoms. The molecule has 0 spiro atoms. The number of hydrogen-bond donors (Lipinski definition) is 1. The molecule has 4 aliphatic rings. The SMILES string of the molecule is C.CC[C@@H](CC1O[C@@H]1C[C@H](C)[C@H]1OC(=O)C[C@@H]1C)O[Si](C)(C)C(C)(C)C.CC[C@@H](CC1O[C@@H]1C[C@H](O)[C@H]1OC(=O)C[C@@H]1C)O[Si](C)(C)C(C)(C)C.ClCCl.S=S=S=S=S=S=S=S=S=S=S. The highest BCUT2D eigenvalue weighted by Crippen LogP contribution is 2.42. The number of carbonyl (C=O) groups is 2. The van der Waals surface area contributed by atoms with Gasteiger partial charge in [-0.25, -0.2) is 0 Å². The van der Waals surface area contributed by atoms with Crippen LogP contribution in [-0.4, -0.2) is 94.0 Å². The Labute approximate surface area is 441 Å². The Balaban J connectivity index is 0.000000971. The standard InChI is InChI=1S/C20H38O4Si.C19H36O5Si.CH2Cl2.CH4.S11/c1-9-15(24-25(7,8)20(4,5)6)12-17-16(22-17)10-13(2)19-14(3)11-18(21)23-19;1-8-13(24-25(6,7)19(3,4)5)10-15-16(22-15)11-14(20)18-12(2)9-17(21)23-18;2-1-3;;1-3-5-7-9-11-10-8-6-4-2/h13-17,19H,9-12H2,1-8H3;12-16,18,20H,8-11H2,1-7H3;1H2;1H4;/t13-,14-,15-,16+,17?,19+;12-,13-,14-,15?,16+,18-;;;/m00.../s1. The van der Waals surface area contributed by atoms with Crippen molar-refractivity contribution < 1.29 is 42.5 Å². The van der Waals surface area contributed by atoms with Crippen LogP contribution >= 0.6 is 23.2 Å². The zero-order valence-corrected chi connectivity index (χ0v) is 52.7. The van der Waals surface area contributed by atoms with Crippen LogP contribution in [0.3, 0.4) is 0 Å². The van der Waals surface area contributed by atoms with E-state index >= 15 is 0 Å². The summed E-state index contributed by atoms with van der Waals surface area (Å²) >= 11 is 18.9. The molecule has 0 amide bonds. The van der Waals surface area contributed by atoms with Gasteiger partial charge in [-0.15, -0.1) is 23.2 Å². The molecule has 65 heavy (non-hydrogen) atoms. The number of cyclic esters (lactones) is 2. The highest BCUT2D eigenvalue weighted by atomic mass is 35.5. The highest BCUT2D eigenvalue weighted by molar-refractivity contribution is 8.74. The molecular formula is C41H80Cl2O9S11Si2. The van der Waals surface area contributed by atoms with Crippen LogP contribution in [0.2, 0.25) is 36.3 Å². The third kappa shape index (κ3) is 26.1. The molecular weight excluding hydrogens is 1120 g/mol. The number of epoxide rings is 2. The number of carbonyl (C=O) groups excluding carboxylic acids is 2. The Bertz CT molecular complexity index is 1740. The first-order chi connectivity index (χ1) is 29.7. The van der Waals surface area contributed by atoms with Gasteiger partial charge in [0, 0.05) is 146 Å². The Hall–Kier alpha value is 2.17. The van der Waals surface area contributed by atoms with Crippen LogP contribution < -0.4 is 0 Å². The number of aliphatic hydroxyl groups excluding tert-OH is 1. The lowest BCUT2D eigenvalue weighted by molar-refractivity contribution is -0.146. The van der Waals surface area contributed by atoms with E-state index in [0.717, 1.165) is 32.1 Å². The van der Waals surface area contributed by atoms with E-state index in [-0.39, 0.29) is 77.3 Å². The van der Waals surface area contributed by atoms with Gasteiger partial charge in [-0.1, -0.05) is 83.6 Å². The molecule has 12 atom stereocenters. The molecule has 4 heterocycles. The third-order valence-electron chi connectivity index (χ3n) is 12.7. The normalized spacial score (nSPS) is 26.4. The molecule has 4 rings (SSSR count). The number of aliphatic hydroxyl groups is 1. The predicted octanol–water partition coefficient (Wildman–Crippen LogP) is 10.6. The molecule has 0 aromatic rings. The summed E-state index contributed by atoms with van der Waals surface area (Å²) in [6, 6.07) is 0. The maximum absolute atomic E-state index is 11.5. The second-order valence-corrected chi connectivity index (χ2v) is 46.0. The zero-order chi connectivity index (χ0) is 49.1. The smallest absolute Gasteiger partial charge is 0.306 e. The minimum atomic E-state index is -1.78. The molecule has 4 saturated heterocycles. The van der Waals surface area contributed by atoms with Gasteiger partial charge in [0.15, 0.2) is 16.6 Å². The molecule has 9 nitrogen and oxygen atoms in total. The van der Waals surface area contributed by atoms with Crippen LogP contribution in [0, 0.1) is 17.8 Å². The van der Waals surface area contributed by atoms with Gasteiger partial charge in [-0.3, -0.25) is 9.59 Å². The van der Waals surface area contributed by atoms with Crippen LogP contribution in [0.15, 0.2) is 0 Å². The van der Waals surface area contributed by atoms with Crippen molar-refractivity contribution in [2.75, 3.05) is 5.34 Å². The molecule has 2 unspecified atom stereocenters. The number of esters is 2. The summed E-state index contributed by atoms with van der Waals surface area (Å²) in [7, 11) is 11.0. The second-order valence-electron chi connectivity index (χ2n) is 19.7. The van der Waals surface area contributed by atoms with Crippen molar-refractivity contribution in [1.82, 2.24) is 0 Å². The van der Waals surface area contributed by atoms with Gasteiger partial charge in [0.1, 0.15) is 12.2 Å². The summed E-state index contributed by atoms with van der Waals surface area (Å²) < 4.78 is 35.5. The fourth-order valence-electron chi connectivity index (χ4n) is 6.97. The second kappa shape index (κ2) is 33.1. The summed E-state index contributed by atoms with van der Waals surface area (Å²) in [5.74, 6) is 0.498. The quantitative estimate of drug-likeness (QED) is 0.0689. The fourth-order valence-corrected chi connectivity index (χ4v) is 29.1. The van der Waals surface area contributed by atoms with Crippen molar-refractivity contribution in [3.05, 3.63) is 0 Å². The zero-order valence-electron chi connectivity index (χ0n) is 40.3. The summed E-state index contributed by atoms with van der Waals surface area (Å²) in [4.78, 5) is 22.8. The summed E-state index contributed by atoms with van der Waals surface area (Å²) in [6.45, 7) is 33.4. The van der Waals surface area contributed by atoms with Crippen LogP contribution in [0.4, 0.5) is 0 Å². The summed E-state index contributed by atoms with van der Waals surface area (Å²) in [5.41, 5.74) is 0. The van der Waals surface area contributed by atoms with Gasteiger partial charge < -0.3 is 32.9 Å². The molecule has 0 aromatic heterocycles. The van der Waals surface area contributed by atoms with E-state index in [9.17, 15) is 14.7 Å². The fraction of sp³-hybridized carbons (Fsp3) is 0.951. The molecule has 0 aliphatic carbocycles. The Kier molecular flexibility index (Phi) is 34.2. The molecule has 0 saturated carbocycles. The summed E-state index contributed by atoms with van der Waals surface area (Å²) in [5, 5.41) is 11.0. The summed E-state index contributed by atoms with van der Waals surface area (Å²) in [6.07, 6.45) is 6.67. The molecule has 1 N–H and O–H groups in total. The molecule has 4 aliphatic heterocycles. The maximum Gasteiger partial charge on any atom is 0.306 e. The van der Waals surface area contributed by atoms with E-state index in [1.807, 2.05) is 6.92 Å². The minimum absolute atomic E-state index is 0. The number of halogens is 2. The number of hydrogen-bond acceptors (Lipinski definition) is 11. The van der Waals surface area contributed by atoms with Crippen LogP contribution in [0.5, 0.6) is 0 Å². The first-order valence-electron chi connectivity index (χ1n) is 21.8. The number of rotatable bonds is 16. The van der Waals surface area contributed by atoms with Gasteiger partial charge in [-0.2, -0.15) is 0 Å². The first-order valence-corrected chi connectivity index (χ1v) is 42.0. The van der Waals surface area contributed by atoms with E-state index in [4.69, 9.17) is 51.0 Å². The largest absolute Gasteiger partial charge is 0.462 e. The monoisotopic (exact) mass is 1190 g/mol. The average Bonchev–Trinajstić information content (AvgIpc) is 4.03.